The number of methoxy groups -OCH3 is 3. The maximum Gasteiger partial charge on any atom is 0.203 e. The molecule has 12 heteroatoms. The second-order valence-corrected chi connectivity index (χ2v) is 7.68. The number of aliphatic hydroxyl groups is 3. The maximum atomic E-state index is 10.4. The summed E-state index contributed by atoms with van der Waals surface area (Å²) >= 11 is 0. The highest BCUT2D eigenvalue weighted by Crippen LogP contribution is 2.39. The van der Waals surface area contributed by atoms with Gasteiger partial charge in [0, 0.05) is 6.42 Å². The van der Waals surface area contributed by atoms with Crippen molar-refractivity contribution in [3.8, 4) is 17.2 Å². The van der Waals surface area contributed by atoms with Gasteiger partial charge in [-0.3, -0.25) is 4.99 Å². The van der Waals surface area contributed by atoms with Crippen LogP contribution >= 0.6 is 0 Å². The summed E-state index contributed by atoms with van der Waals surface area (Å²) in [5, 5.41) is 29.9. The number of nitrogens with zero attached hydrogens (tertiary/aromatic N) is 4. The van der Waals surface area contributed by atoms with Crippen LogP contribution in [0, 0.1) is 0 Å². The lowest BCUT2D eigenvalue weighted by Crippen LogP contribution is -2.56. The van der Waals surface area contributed by atoms with Gasteiger partial charge < -0.3 is 44.9 Å². The molecule has 3 aliphatic heterocycles. The average Bonchev–Trinajstić information content (AvgIpc) is 3.35. The Morgan fingerprint density at radius 1 is 1.16 bits per heavy atom. The highest BCUT2D eigenvalue weighted by molar-refractivity contribution is 6.47. The van der Waals surface area contributed by atoms with Crippen LogP contribution in [0.2, 0.25) is 0 Å². The fourth-order valence-electron chi connectivity index (χ4n) is 4.15. The largest absolute Gasteiger partial charge is 0.493 e. The molecule has 32 heavy (non-hydrogen) atoms. The molecule has 0 bridgehead atoms. The van der Waals surface area contributed by atoms with E-state index in [0.29, 0.717) is 28.8 Å². The summed E-state index contributed by atoms with van der Waals surface area (Å²) in [6.45, 7) is -0.315. The van der Waals surface area contributed by atoms with Crippen molar-refractivity contribution in [2.45, 2.75) is 36.6 Å². The lowest BCUT2D eigenvalue weighted by Gasteiger charge is -2.32. The van der Waals surface area contributed by atoms with Gasteiger partial charge in [0.15, 0.2) is 29.2 Å². The van der Waals surface area contributed by atoms with Gasteiger partial charge in [0.2, 0.25) is 5.75 Å². The first kappa shape index (κ1) is 22.4. The monoisotopic (exact) mass is 449 g/mol. The summed E-state index contributed by atoms with van der Waals surface area (Å²) in [4.78, 5) is 14.8. The van der Waals surface area contributed by atoms with Gasteiger partial charge in [-0.1, -0.05) is 0 Å². The number of aliphatic hydroxyl groups excluding tert-OH is 3. The predicted octanol–water partition coefficient (Wildman–Crippen LogP) is -1.50. The molecule has 1 unspecified atom stereocenters. The zero-order chi connectivity index (χ0) is 23.0. The quantitative estimate of drug-likeness (QED) is 0.388. The molecule has 0 amide bonds. The number of hydrogen-bond acceptors (Lipinski definition) is 12. The third kappa shape index (κ3) is 3.59. The summed E-state index contributed by atoms with van der Waals surface area (Å²) < 4.78 is 21.8. The van der Waals surface area contributed by atoms with Crippen LogP contribution in [0.5, 0.6) is 17.2 Å². The Balaban J connectivity index is 1.60. The minimum Gasteiger partial charge on any atom is -0.493 e. The van der Waals surface area contributed by atoms with E-state index in [9.17, 15) is 15.3 Å². The number of nitrogens with two attached hydrogens (primary N) is 1. The van der Waals surface area contributed by atoms with Gasteiger partial charge in [-0.2, -0.15) is 0 Å². The van der Waals surface area contributed by atoms with Crippen LogP contribution < -0.4 is 19.9 Å². The third-order valence-corrected chi connectivity index (χ3v) is 5.77. The molecule has 1 aromatic carbocycles. The van der Waals surface area contributed by atoms with Crippen LogP contribution in [0.15, 0.2) is 27.1 Å². The van der Waals surface area contributed by atoms with Crippen LogP contribution in [0.4, 0.5) is 0 Å². The number of amidine groups is 1. The molecule has 1 fully saturated rings. The van der Waals surface area contributed by atoms with Crippen molar-refractivity contribution in [2.75, 3.05) is 34.6 Å². The number of rotatable bonds is 7. The van der Waals surface area contributed by atoms with E-state index in [2.05, 4.69) is 15.0 Å². The molecule has 0 aromatic heterocycles. The Kier molecular flexibility index (Phi) is 6.05. The van der Waals surface area contributed by atoms with Crippen molar-refractivity contribution in [3.63, 3.8) is 0 Å². The van der Waals surface area contributed by atoms with Crippen LogP contribution in [0.1, 0.15) is 5.56 Å². The van der Waals surface area contributed by atoms with Gasteiger partial charge in [0.1, 0.15) is 37.0 Å². The van der Waals surface area contributed by atoms with E-state index in [1.54, 1.807) is 17.0 Å². The van der Waals surface area contributed by atoms with Gasteiger partial charge in [-0.05, 0) is 17.7 Å². The van der Waals surface area contributed by atoms with Gasteiger partial charge in [-0.25, -0.2) is 9.98 Å². The van der Waals surface area contributed by atoms with E-state index in [1.807, 2.05) is 0 Å². The molecule has 3 aliphatic rings. The lowest BCUT2D eigenvalue weighted by molar-refractivity contribution is -0.0688. The molecule has 0 spiro atoms. The average molecular weight is 449 g/mol. The highest BCUT2D eigenvalue weighted by atomic mass is 16.6. The van der Waals surface area contributed by atoms with E-state index in [-0.39, 0.29) is 13.1 Å². The van der Waals surface area contributed by atoms with Crippen molar-refractivity contribution in [2.24, 2.45) is 20.7 Å². The van der Waals surface area contributed by atoms with Crippen molar-refractivity contribution >= 4 is 17.9 Å². The minimum atomic E-state index is -1.24. The third-order valence-electron chi connectivity index (χ3n) is 5.77. The van der Waals surface area contributed by atoms with E-state index in [1.165, 1.54) is 27.7 Å². The fraction of sp³-hybridized carbons (Fsp3) is 0.550. The van der Waals surface area contributed by atoms with Crippen molar-refractivity contribution in [1.29, 1.82) is 0 Å². The summed E-state index contributed by atoms with van der Waals surface area (Å²) in [6.07, 6.45) is -2.72. The SMILES string of the molecule is COc1cc(CC2(N)N=CN=C3C2=NCN3[C@@H]2O[C@H](CO)[C@@H](O)[C@H]2O)cc(OC)c1OC. The standard InChI is InChI=1S/C20H27N5O7/c1-29-11-4-10(5-12(30-2)16(11)31-3)6-20(21)17-18(22-8-24-20)25(9-23-17)19-15(28)14(27)13(7-26)32-19/h4-5,8,13-15,19,26-28H,6-7,9,21H2,1-3H3/t13-,14-,15-,19-,20?/m1/s1. The number of aliphatic imine (C=N–C) groups is 3. The van der Waals surface area contributed by atoms with Crippen LogP contribution in [-0.4, -0.2) is 103 Å². The molecule has 174 valence electrons. The van der Waals surface area contributed by atoms with E-state index < -0.39 is 36.8 Å². The highest BCUT2D eigenvalue weighted by Gasteiger charge is 2.50. The minimum absolute atomic E-state index is 0.109. The molecule has 3 heterocycles. The Hall–Kier alpha value is -2.77. The molecule has 0 saturated carbocycles. The maximum absolute atomic E-state index is 10.4. The first-order valence-electron chi connectivity index (χ1n) is 10.0. The Bertz CT molecular complexity index is 943. The Labute approximate surface area is 184 Å². The van der Waals surface area contributed by atoms with Crippen LogP contribution in [0.3, 0.4) is 0 Å². The van der Waals surface area contributed by atoms with E-state index in [4.69, 9.17) is 24.7 Å². The normalized spacial score (nSPS) is 31.3. The van der Waals surface area contributed by atoms with Gasteiger partial charge in [-0.15, -0.1) is 0 Å². The molecule has 1 aromatic rings. The molecule has 1 saturated heterocycles. The molecule has 5 N–H and O–H groups in total. The first-order valence-corrected chi connectivity index (χ1v) is 10.0. The van der Waals surface area contributed by atoms with Gasteiger partial charge in [0.05, 0.1) is 27.9 Å². The van der Waals surface area contributed by atoms with Gasteiger partial charge in [0.25, 0.3) is 0 Å². The molecular weight excluding hydrogens is 422 g/mol. The zero-order valence-electron chi connectivity index (χ0n) is 18.0. The first-order chi connectivity index (χ1) is 15.4. The molecular formula is C20H27N5O7. The summed E-state index contributed by atoms with van der Waals surface area (Å²) in [6, 6.07) is 3.58. The fourth-order valence-corrected chi connectivity index (χ4v) is 4.15. The smallest absolute Gasteiger partial charge is 0.203 e. The van der Waals surface area contributed by atoms with E-state index in [0.717, 1.165) is 5.56 Å². The van der Waals surface area contributed by atoms with E-state index >= 15 is 0 Å². The Morgan fingerprint density at radius 3 is 2.41 bits per heavy atom. The Morgan fingerprint density at radius 2 is 1.84 bits per heavy atom. The second kappa shape index (κ2) is 8.64. The zero-order valence-corrected chi connectivity index (χ0v) is 18.0. The van der Waals surface area contributed by atoms with Crippen LogP contribution in [0.25, 0.3) is 0 Å². The van der Waals surface area contributed by atoms with Crippen LogP contribution in [-0.2, 0) is 11.2 Å². The predicted molar refractivity (Wildman–Crippen MR) is 115 cm³/mol. The number of fused-ring (bicyclic) bond motifs is 1. The molecule has 4 rings (SSSR count). The van der Waals surface area contributed by atoms with Crippen molar-refractivity contribution < 1.29 is 34.3 Å². The summed E-state index contributed by atoms with van der Waals surface area (Å²) in [5.74, 6) is 1.83. The molecule has 5 atom stereocenters. The number of hydrogen-bond donors (Lipinski definition) is 4. The molecule has 12 nitrogen and oxygen atoms in total. The lowest BCUT2D eigenvalue weighted by atomic mass is 9.94. The van der Waals surface area contributed by atoms with Crippen molar-refractivity contribution in [3.05, 3.63) is 17.7 Å². The topological polar surface area (TPSA) is 164 Å². The number of benzene rings is 1. The summed E-state index contributed by atoms with van der Waals surface area (Å²) in [7, 11) is 4.59. The molecule has 0 aliphatic carbocycles. The van der Waals surface area contributed by atoms with Crippen molar-refractivity contribution in [1.82, 2.24) is 4.90 Å². The molecule has 0 radical (unpaired) electrons. The number of ether oxygens (including phenoxy) is 4. The summed E-state index contributed by atoms with van der Waals surface area (Å²) in [5.41, 5.74) is 6.62. The second-order valence-electron chi connectivity index (χ2n) is 7.68. The van der Waals surface area contributed by atoms with Gasteiger partial charge >= 0.3 is 0 Å².